The first-order chi connectivity index (χ1) is 8.16. The van der Waals surface area contributed by atoms with Crippen LogP contribution in [0.2, 0.25) is 0 Å². The number of hydrogen-bond donors (Lipinski definition) is 2. The molecule has 2 rings (SSSR count). The Kier molecular flexibility index (Phi) is 3.22. The molecule has 1 saturated heterocycles. The van der Waals surface area contributed by atoms with E-state index in [1.54, 1.807) is 12.1 Å². The Labute approximate surface area is 98.8 Å². The molecule has 0 atom stereocenters. The van der Waals surface area contributed by atoms with Crippen LogP contribution in [-0.4, -0.2) is 41.3 Å². The van der Waals surface area contributed by atoms with Crippen LogP contribution in [-0.2, 0) is 4.79 Å². The van der Waals surface area contributed by atoms with Crippen molar-refractivity contribution in [3.63, 3.8) is 0 Å². The lowest BCUT2D eigenvalue weighted by atomic mass is 10.2. The van der Waals surface area contributed by atoms with Crippen LogP contribution in [0.25, 0.3) is 0 Å². The number of aromatic nitrogens is 1. The number of nitrogens with two attached hydrogens (primary N) is 1. The fraction of sp³-hybridized carbons (Fsp3) is 0.364. The van der Waals surface area contributed by atoms with E-state index in [0.717, 1.165) is 6.42 Å². The van der Waals surface area contributed by atoms with Gasteiger partial charge in [-0.05, 0) is 18.6 Å². The summed E-state index contributed by atoms with van der Waals surface area (Å²) in [5, 5.41) is 2.72. The van der Waals surface area contributed by atoms with Crippen molar-refractivity contribution in [3.8, 4) is 0 Å². The highest BCUT2D eigenvalue weighted by molar-refractivity contribution is 5.96. The zero-order valence-electron chi connectivity index (χ0n) is 9.35. The molecular weight excluding hydrogens is 220 g/mol. The fourth-order valence-corrected chi connectivity index (χ4v) is 1.69. The molecule has 1 fully saturated rings. The number of carbonyl (C=O) groups excluding carboxylic acids is 2. The van der Waals surface area contributed by atoms with E-state index in [-0.39, 0.29) is 18.4 Å². The molecule has 90 valence electrons. The van der Waals surface area contributed by atoms with Crippen LogP contribution in [0.1, 0.15) is 16.8 Å². The van der Waals surface area contributed by atoms with Gasteiger partial charge in [-0.3, -0.25) is 9.59 Å². The summed E-state index contributed by atoms with van der Waals surface area (Å²) >= 11 is 0. The number of anilines is 1. The van der Waals surface area contributed by atoms with E-state index in [9.17, 15) is 9.59 Å². The van der Waals surface area contributed by atoms with Crippen molar-refractivity contribution in [2.24, 2.45) is 0 Å². The molecule has 0 unspecified atom stereocenters. The highest BCUT2D eigenvalue weighted by Crippen LogP contribution is 2.07. The van der Waals surface area contributed by atoms with Gasteiger partial charge in [0, 0.05) is 19.3 Å². The Morgan fingerprint density at radius 1 is 1.47 bits per heavy atom. The first-order valence-corrected chi connectivity index (χ1v) is 5.44. The van der Waals surface area contributed by atoms with E-state index in [1.165, 1.54) is 11.1 Å². The Hall–Kier alpha value is -2.11. The maximum absolute atomic E-state index is 12.1. The molecule has 17 heavy (non-hydrogen) atoms. The van der Waals surface area contributed by atoms with Gasteiger partial charge in [-0.2, -0.15) is 0 Å². The highest BCUT2D eigenvalue weighted by Gasteiger charge is 2.20. The quantitative estimate of drug-likeness (QED) is 0.693. The van der Waals surface area contributed by atoms with E-state index >= 15 is 0 Å². The summed E-state index contributed by atoms with van der Waals surface area (Å²) in [5.41, 5.74) is 5.90. The number of rotatable bonds is 1. The Morgan fingerprint density at radius 2 is 2.29 bits per heavy atom. The third kappa shape index (κ3) is 2.72. The van der Waals surface area contributed by atoms with E-state index in [2.05, 4.69) is 10.3 Å². The lowest BCUT2D eigenvalue weighted by Gasteiger charge is -2.18. The second kappa shape index (κ2) is 4.82. The van der Waals surface area contributed by atoms with Crippen molar-refractivity contribution in [1.29, 1.82) is 0 Å². The molecular formula is C11H14N4O2. The summed E-state index contributed by atoms with van der Waals surface area (Å²) in [6.45, 7) is 1.29. The van der Waals surface area contributed by atoms with E-state index in [0.29, 0.717) is 24.5 Å². The molecule has 6 nitrogen and oxygen atoms in total. The smallest absolute Gasteiger partial charge is 0.255 e. The minimum absolute atomic E-state index is 0.100. The molecule has 6 heteroatoms. The fourth-order valence-electron chi connectivity index (χ4n) is 1.69. The second-order valence-electron chi connectivity index (χ2n) is 3.90. The van der Waals surface area contributed by atoms with Gasteiger partial charge in [0.1, 0.15) is 5.82 Å². The molecule has 1 aliphatic rings. The number of amides is 2. The van der Waals surface area contributed by atoms with Gasteiger partial charge in [-0.1, -0.05) is 0 Å². The number of pyridine rings is 1. The summed E-state index contributed by atoms with van der Waals surface area (Å²) in [4.78, 5) is 28.8. The van der Waals surface area contributed by atoms with Gasteiger partial charge < -0.3 is 16.0 Å². The average Bonchev–Trinajstić information content (AvgIpc) is 2.54. The molecule has 1 aromatic heterocycles. The molecule has 1 aliphatic heterocycles. The molecule has 2 heterocycles. The van der Waals surface area contributed by atoms with Crippen molar-refractivity contribution in [3.05, 3.63) is 23.9 Å². The Balaban J connectivity index is 2.13. The van der Waals surface area contributed by atoms with Gasteiger partial charge in [0.25, 0.3) is 5.91 Å². The SMILES string of the molecule is Nc1ccc(C(=O)N2CCCNC(=O)C2)cn1. The Morgan fingerprint density at radius 3 is 3.00 bits per heavy atom. The molecule has 0 aromatic carbocycles. The van der Waals surface area contributed by atoms with E-state index in [1.807, 2.05) is 0 Å². The molecule has 0 radical (unpaired) electrons. The van der Waals surface area contributed by atoms with Crippen LogP contribution in [0, 0.1) is 0 Å². The normalized spacial score (nSPS) is 16.2. The molecule has 0 aliphatic carbocycles. The van der Waals surface area contributed by atoms with Gasteiger partial charge in [0.05, 0.1) is 12.1 Å². The minimum Gasteiger partial charge on any atom is -0.384 e. The summed E-state index contributed by atoms with van der Waals surface area (Å²) < 4.78 is 0. The van der Waals surface area contributed by atoms with Crippen LogP contribution >= 0.6 is 0 Å². The van der Waals surface area contributed by atoms with E-state index in [4.69, 9.17) is 5.73 Å². The zero-order valence-corrected chi connectivity index (χ0v) is 9.35. The third-order valence-electron chi connectivity index (χ3n) is 2.58. The highest BCUT2D eigenvalue weighted by atomic mass is 16.2. The maximum atomic E-state index is 12.1. The van der Waals surface area contributed by atoms with E-state index < -0.39 is 0 Å². The minimum atomic E-state index is -0.186. The number of carbonyl (C=O) groups is 2. The van der Waals surface area contributed by atoms with Gasteiger partial charge in [0.15, 0.2) is 0 Å². The topological polar surface area (TPSA) is 88.3 Å². The number of hydrogen-bond acceptors (Lipinski definition) is 4. The Bertz CT molecular complexity index is 430. The number of nitrogens with zero attached hydrogens (tertiary/aromatic N) is 2. The van der Waals surface area contributed by atoms with Crippen LogP contribution in [0.3, 0.4) is 0 Å². The summed E-state index contributed by atoms with van der Waals surface area (Å²) in [5.74, 6) is 0.0592. The molecule has 0 bridgehead atoms. The van der Waals surface area contributed by atoms with Gasteiger partial charge >= 0.3 is 0 Å². The van der Waals surface area contributed by atoms with Crippen LogP contribution in [0.4, 0.5) is 5.82 Å². The predicted octanol–water partition coefficient (Wildman–Crippen LogP) is -0.374. The lowest BCUT2D eigenvalue weighted by molar-refractivity contribution is -0.121. The van der Waals surface area contributed by atoms with Crippen molar-refractivity contribution in [1.82, 2.24) is 15.2 Å². The number of nitrogen functional groups attached to an aromatic ring is 1. The first kappa shape index (κ1) is 11.4. The first-order valence-electron chi connectivity index (χ1n) is 5.44. The summed E-state index contributed by atoms with van der Waals surface area (Å²) in [7, 11) is 0. The third-order valence-corrected chi connectivity index (χ3v) is 2.58. The summed E-state index contributed by atoms with van der Waals surface area (Å²) in [6.07, 6.45) is 2.19. The van der Waals surface area contributed by atoms with Gasteiger partial charge in [-0.15, -0.1) is 0 Å². The molecule has 3 N–H and O–H groups in total. The predicted molar refractivity (Wildman–Crippen MR) is 62.2 cm³/mol. The van der Waals surface area contributed by atoms with Crippen LogP contribution in [0.5, 0.6) is 0 Å². The largest absolute Gasteiger partial charge is 0.384 e. The van der Waals surface area contributed by atoms with Crippen molar-refractivity contribution in [2.75, 3.05) is 25.4 Å². The molecule has 1 aromatic rings. The number of nitrogens with one attached hydrogen (secondary N) is 1. The molecule has 0 spiro atoms. The maximum Gasteiger partial charge on any atom is 0.255 e. The van der Waals surface area contributed by atoms with Crippen molar-refractivity contribution < 1.29 is 9.59 Å². The zero-order chi connectivity index (χ0) is 12.3. The van der Waals surface area contributed by atoms with Crippen LogP contribution in [0.15, 0.2) is 18.3 Å². The van der Waals surface area contributed by atoms with Gasteiger partial charge in [-0.25, -0.2) is 4.98 Å². The average molecular weight is 234 g/mol. The monoisotopic (exact) mass is 234 g/mol. The molecule has 2 amide bonds. The lowest BCUT2D eigenvalue weighted by Crippen LogP contribution is -2.37. The molecule has 0 saturated carbocycles. The summed E-state index contributed by atoms with van der Waals surface area (Å²) in [6, 6.07) is 3.19. The van der Waals surface area contributed by atoms with Gasteiger partial charge in [0.2, 0.25) is 5.91 Å². The van der Waals surface area contributed by atoms with Crippen molar-refractivity contribution >= 4 is 17.6 Å². The van der Waals surface area contributed by atoms with Crippen molar-refractivity contribution in [2.45, 2.75) is 6.42 Å². The second-order valence-corrected chi connectivity index (χ2v) is 3.90. The van der Waals surface area contributed by atoms with Crippen LogP contribution < -0.4 is 11.1 Å². The standard InChI is InChI=1S/C11H14N4O2/c12-9-3-2-8(6-14-9)11(17)15-5-1-4-13-10(16)7-15/h2-3,6H,1,4-5,7H2,(H2,12,14)(H,13,16).